The van der Waals surface area contributed by atoms with E-state index in [0.29, 0.717) is 5.92 Å². The molecule has 0 radical (unpaired) electrons. The van der Waals surface area contributed by atoms with Crippen molar-refractivity contribution >= 4 is 5.91 Å². The van der Waals surface area contributed by atoms with Crippen molar-refractivity contribution in [1.29, 1.82) is 0 Å². The summed E-state index contributed by atoms with van der Waals surface area (Å²) >= 11 is 0. The van der Waals surface area contributed by atoms with Gasteiger partial charge in [0, 0.05) is 19.8 Å². The zero-order chi connectivity index (χ0) is 11.5. The summed E-state index contributed by atoms with van der Waals surface area (Å²) in [6.45, 7) is 6.69. The molecule has 0 saturated carbocycles. The molecule has 2 rings (SSSR count). The highest BCUT2D eigenvalue weighted by atomic mass is 16.5. The molecule has 4 heteroatoms. The minimum Gasteiger partial charge on any atom is -0.381 e. The van der Waals surface area contributed by atoms with Crippen LogP contribution in [-0.4, -0.2) is 42.8 Å². The molecule has 2 unspecified atom stereocenters. The third kappa shape index (κ3) is 2.38. The first kappa shape index (κ1) is 11.9. The summed E-state index contributed by atoms with van der Waals surface area (Å²) in [6, 6.07) is -0.00945. The summed E-state index contributed by atoms with van der Waals surface area (Å²) in [4.78, 5) is 14.0. The van der Waals surface area contributed by atoms with Gasteiger partial charge in [0.25, 0.3) is 0 Å². The van der Waals surface area contributed by atoms with Gasteiger partial charge in [-0.15, -0.1) is 0 Å². The van der Waals surface area contributed by atoms with Crippen LogP contribution >= 0.6 is 0 Å². The van der Waals surface area contributed by atoms with Crippen LogP contribution in [0.5, 0.6) is 0 Å². The van der Waals surface area contributed by atoms with Gasteiger partial charge >= 0.3 is 0 Å². The van der Waals surface area contributed by atoms with Crippen molar-refractivity contribution in [1.82, 2.24) is 10.2 Å². The molecule has 2 atom stereocenters. The second-order valence-electron chi connectivity index (χ2n) is 4.86. The maximum atomic E-state index is 12.0. The van der Waals surface area contributed by atoms with Gasteiger partial charge in [-0.2, -0.15) is 0 Å². The van der Waals surface area contributed by atoms with Crippen LogP contribution in [0, 0.1) is 5.92 Å². The molecule has 2 fully saturated rings. The van der Waals surface area contributed by atoms with Gasteiger partial charge in [-0.1, -0.05) is 6.92 Å². The first-order valence-electron chi connectivity index (χ1n) is 6.36. The number of carbonyl (C=O) groups excluding carboxylic acids is 1. The standard InChI is InChI=1S/C12H22N2O2/c1-3-11-13-9(2)12(15)14(11)8-10-4-6-16-7-5-10/h9-11,13H,3-8H2,1-2H3. The van der Waals surface area contributed by atoms with Crippen molar-refractivity contribution < 1.29 is 9.53 Å². The minimum atomic E-state index is -0.00945. The van der Waals surface area contributed by atoms with Crippen molar-refractivity contribution in [3.63, 3.8) is 0 Å². The molecule has 0 bridgehead atoms. The molecule has 1 N–H and O–H groups in total. The topological polar surface area (TPSA) is 41.6 Å². The fourth-order valence-corrected chi connectivity index (χ4v) is 2.61. The van der Waals surface area contributed by atoms with Crippen molar-refractivity contribution in [2.75, 3.05) is 19.8 Å². The molecule has 16 heavy (non-hydrogen) atoms. The summed E-state index contributed by atoms with van der Waals surface area (Å²) in [5.41, 5.74) is 0. The molecule has 1 amide bonds. The largest absolute Gasteiger partial charge is 0.381 e. The van der Waals surface area contributed by atoms with Gasteiger partial charge < -0.3 is 9.64 Å². The van der Waals surface area contributed by atoms with Crippen molar-refractivity contribution in [3.8, 4) is 0 Å². The molecular weight excluding hydrogens is 204 g/mol. The quantitative estimate of drug-likeness (QED) is 0.779. The minimum absolute atomic E-state index is 0.00945. The fraction of sp³-hybridized carbons (Fsp3) is 0.917. The van der Waals surface area contributed by atoms with E-state index in [1.807, 2.05) is 11.8 Å². The number of carbonyl (C=O) groups is 1. The highest BCUT2D eigenvalue weighted by Gasteiger charge is 2.36. The molecule has 0 aromatic heterocycles. The van der Waals surface area contributed by atoms with Crippen molar-refractivity contribution in [2.45, 2.75) is 45.3 Å². The summed E-state index contributed by atoms with van der Waals surface area (Å²) < 4.78 is 5.35. The van der Waals surface area contributed by atoms with E-state index in [4.69, 9.17) is 4.74 Å². The van der Waals surface area contributed by atoms with Crippen LogP contribution in [0.4, 0.5) is 0 Å². The SMILES string of the molecule is CCC1NC(C)C(=O)N1CC1CCOCC1. The average Bonchev–Trinajstić information content (AvgIpc) is 2.58. The number of amides is 1. The van der Waals surface area contributed by atoms with Gasteiger partial charge in [-0.05, 0) is 32.1 Å². The zero-order valence-electron chi connectivity index (χ0n) is 10.2. The van der Waals surface area contributed by atoms with E-state index in [-0.39, 0.29) is 18.1 Å². The number of hydrogen-bond donors (Lipinski definition) is 1. The second-order valence-corrected chi connectivity index (χ2v) is 4.86. The molecule has 0 aromatic carbocycles. The molecule has 0 aliphatic carbocycles. The molecule has 4 nitrogen and oxygen atoms in total. The van der Waals surface area contributed by atoms with E-state index in [2.05, 4.69) is 12.2 Å². The summed E-state index contributed by atoms with van der Waals surface area (Å²) in [7, 11) is 0. The van der Waals surface area contributed by atoms with Gasteiger partial charge in [0.15, 0.2) is 0 Å². The van der Waals surface area contributed by atoms with Gasteiger partial charge in [0.1, 0.15) is 0 Å². The smallest absolute Gasteiger partial charge is 0.240 e. The summed E-state index contributed by atoms with van der Waals surface area (Å²) in [5.74, 6) is 0.886. The van der Waals surface area contributed by atoms with Crippen LogP contribution in [0.25, 0.3) is 0 Å². The third-order valence-electron chi connectivity index (χ3n) is 3.65. The van der Waals surface area contributed by atoms with E-state index in [0.717, 1.165) is 39.0 Å². The van der Waals surface area contributed by atoms with Crippen LogP contribution < -0.4 is 5.32 Å². The Morgan fingerprint density at radius 2 is 2.12 bits per heavy atom. The number of nitrogens with zero attached hydrogens (tertiary/aromatic N) is 1. The lowest BCUT2D eigenvalue weighted by Crippen LogP contribution is -2.41. The van der Waals surface area contributed by atoms with E-state index in [9.17, 15) is 4.79 Å². The van der Waals surface area contributed by atoms with Gasteiger partial charge in [0.2, 0.25) is 5.91 Å². The summed E-state index contributed by atoms with van der Waals surface area (Å²) in [5, 5.41) is 3.34. The van der Waals surface area contributed by atoms with Crippen LogP contribution in [0.2, 0.25) is 0 Å². The Balaban J connectivity index is 1.93. The second kappa shape index (κ2) is 5.15. The average molecular weight is 226 g/mol. The Hall–Kier alpha value is -0.610. The monoisotopic (exact) mass is 226 g/mol. The summed E-state index contributed by atoms with van der Waals surface area (Å²) in [6.07, 6.45) is 3.41. The number of nitrogens with one attached hydrogen (secondary N) is 1. The lowest BCUT2D eigenvalue weighted by atomic mass is 9.99. The number of rotatable bonds is 3. The predicted molar refractivity (Wildman–Crippen MR) is 61.9 cm³/mol. The normalized spacial score (nSPS) is 32.4. The van der Waals surface area contributed by atoms with E-state index < -0.39 is 0 Å². The van der Waals surface area contributed by atoms with Gasteiger partial charge in [0.05, 0.1) is 12.2 Å². The molecule has 2 aliphatic rings. The Bertz CT molecular complexity index is 251. The Kier molecular flexibility index (Phi) is 3.82. The number of ether oxygens (including phenoxy) is 1. The lowest BCUT2D eigenvalue weighted by Gasteiger charge is -2.30. The molecule has 0 aromatic rings. The van der Waals surface area contributed by atoms with Crippen molar-refractivity contribution in [3.05, 3.63) is 0 Å². The highest BCUT2D eigenvalue weighted by Crippen LogP contribution is 2.21. The third-order valence-corrected chi connectivity index (χ3v) is 3.65. The fourth-order valence-electron chi connectivity index (χ4n) is 2.61. The van der Waals surface area contributed by atoms with Crippen LogP contribution in [0.3, 0.4) is 0 Å². The molecule has 92 valence electrons. The molecule has 2 aliphatic heterocycles. The van der Waals surface area contributed by atoms with Gasteiger partial charge in [-0.3, -0.25) is 10.1 Å². The number of hydrogen-bond acceptors (Lipinski definition) is 3. The van der Waals surface area contributed by atoms with Crippen LogP contribution in [0.1, 0.15) is 33.1 Å². The Labute approximate surface area is 97.3 Å². The van der Waals surface area contributed by atoms with Crippen molar-refractivity contribution in [2.24, 2.45) is 5.92 Å². The first-order chi connectivity index (χ1) is 7.72. The lowest BCUT2D eigenvalue weighted by molar-refractivity contribution is -0.130. The van der Waals surface area contributed by atoms with E-state index in [1.54, 1.807) is 0 Å². The van der Waals surface area contributed by atoms with Crippen LogP contribution in [-0.2, 0) is 9.53 Å². The molecule has 0 spiro atoms. The highest BCUT2D eigenvalue weighted by molar-refractivity contribution is 5.83. The van der Waals surface area contributed by atoms with Gasteiger partial charge in [-0.25, -0.2) is 0 Å². The Morgan fingerprint density at radius 3 is 2.75 bits per heavy atom. The van der Waals surface area contributed by atoms with E-state index >= 15 is 0 Å². The predicted octanol–water partition coefficient (Wildman–Crippen LogP) is 0.969. The zero-order valence-corrected chi connectivity index (χ0v) is 10.2. The molecule has 2 heterocycles. The molecule has 2 saturated heterocycles. The first-order valence-corrected chi connectivity index (χ1v) is 6.36. The van der Waals surface area contributed by atoms with E-state index in [1.165, 1.54) is 0 Å². The maximum Gasteiger partial charge on any atom is 0.240 e. The molecular formula is C12H22N2O2. The maximum absolute atomic E-state index is 12.0. The Morgan fingerprint density at radius 1 is 1.44 bits per heavy atom. The van der Waals surface area contributed by atoms with Crippen LogP contribution in [0.15, 0.2) is 0 Å².